The Morgan fingerprint density at radius 1 is 1.25 bits per heavy atom. The van der Waals surface area contributed by atoms with E-state index in [1.807, 2.05) is 20.8 Å². The fraction of sp³-hybridized carbons (Fsp3) is 0.500. The molecule has 1 heterocycles. The van der Waals surface area contributed by atoms with Crippen LogP contribution in [0.2, 0.25) is 5.28 Å². The first-order valence-corrected chi connectivity index (χ1v) is 4.02. The van der Waals surface area contributed by atoms with Crippen molar-refractivity contribution in [2.45, 2.75) is 26.4 Å². The molecule has 0 amide bonds. The molecule has 0 fully saturated rings. The van der Waals surface area contributed by atoms with Gasteiger partial charge >= 0.3 is 0 Å². The topological polar surface area (TPSA) is 35.0 Å². The summed E-state index contributed by atoms with van der Waals surface area (Å²) in [5, 5.41) is 0.233. The molecule has 4 heteroatoms. The summed E-state index contributed by atoms with van der Waals surface area (Å²) >= 11 is 5.51. The third-order valence-corrected chi connectivity index (χ3v) is 1.22. The number of rotatable bonds is 1. The molecule has 0 aliphatic rings. The zero-order valence-electron chi connectivity index (χ0n) is 7.34. The minimum Gasteiger partial charge on any atom is -0.485 e. The van der Waals surface area contributed by atoms with Crippen molar-refractivity contribution in [2.24, 2.45) is 0 Å². The first-order valence-electron chi connectivity index (χ1n) is 3.64. The van der Waals surface area contributed by atoms with Gasteiger partial charge in [0, 0.05) is 0 Å². The molecular weight excluding hydrogens is 176 g/mol. The van der Waals surface area contributed by atoms with Crippen molar-refractivity contribution in [3.63, 3.8) is 0 Å². The summed E-state index contributed by atoms with van der Waals surface area (Å²) in [5.74, 6) is 0.631. The van der Waals surface area contributed by atoms with Gasteiger partial charge in [-0.1, -0.05) is 0 Å². The van der Waals surface area contributed by atoms with Crippen LogP contribution in [0.4, 0.5) is 0 Å². The molecular formula is C8H11ClN2O. The molecule has 66 valence electrons. The molecule has 0 bridgehead atoms. The first kappa shape index (κ1) is 9.26. The van der Waals surface area contributed by atoms with E-state index >= 15 is 0 Å². The minimum atomic E-state index is -0.225. The second kappa shape index (κ2) is 3.27. The molecule has 1 aromatic heterocycles. The summed E-state index contributed by atoms with van der Waals surface area (Å²) in [6, 6.07) is 0. The van der Waals surface area contributed by atoms with Crippen molar-refractivity contribution in [1.82, 2.24) is 9.97 Å². The van der Waals surface area contributed by atoms with Gasteiger partial charge in [0.25, 0.3) is 0 Å². The molecule has 0 radical (unpaired) electrons. The Balaban J connectivity index is 2.71. The number of halogens is 1. The van der Waals surface area contributed by atoms with Gasteiger partial charge in [0.2, 0.25) is 5.28 Å². The predicted octanol–water partition coefficient (Wildman–Crippen LogP) is 2.31. The Labute approximate surface area is 76.7 Å². The van der Waals surface area contributed by atoms with Crippen LogP contribution in [0.15, 0.2) is 12.4 Å². The maximum absolute atomic E-state index is 5.51. The molecule has 0 unspecified atom stereocenters. The van der Waals surface area contributed by atoms with Crippen LogP contribution in [0.5, 0.6) is 5.75 Å². The van der Waals surface area contributed by atoms with Crippen LogP contribution in [-0.4, -0.2) is 15.6 Å². The van der Waals surface area contributed by atoms with Gasteiger partial charge in [0.05, 0.1) is 12.4 Å². The average molecular weight is 187 g/mol. The Hall–Kier alpha value is -0.830. The van der Waals surface area contributed by atoms with Crippen molar-refractivity contribution < 1.29 is 4.74 Å². The smallest absolute Gasteiger partial charge is 0.222 e. The third-order valence-electron chi connectivity index (χ3n) is 1.02. The lowest BCUT2D eigenvalue weighted by Crippen LogP contribution is -2.23. The average Bonchev–Trinajstić information content (AvgIpc) is 1.91. The molecule has 0 aliphatic carbocycles. The Morgan fingerprint density at radius 3 is 2.17 bits per heavy atom. The van der Waals surface area contributed by atoms with Gasteiger partial charge in [-0.3, -0.25) is 0 Å². The molecule has 0 N–H and O–H groups in total. The first-order chi connectivity index (χ1) is 5.47. The van der Waals surface area contributed by atoms with Crippen LogP contribution in [0, 0.1) is 0 Å². The number of nitrogens with zero attached hydrogens (tertiary/aromatic N) is 2. The standard InChI is InChI=1S/C8H11ClN2O/c1-8(2,3)12-6-4-10-7(9)11-5-6/h4-5H,1-3H3. The minimum absolute atomic E-state index is 0.225. The van der Waals surface area contributed by atoms with Crippen LogP contribution < -0.4 is 4.74 Å². The van der Waals surface area contributed by atoms with E-state index in [1.54, 1.807) is 12.4 Å². The summed E-state index contributed by atoms with van der Waals surface area (Å²) in [6.45, 7) is 5.88. The van der Waals surface area contributed by atoms with E-state index in [0.717, 1.165) is 0 Å². The highest BCUT2D eigenvalue weighted by Crippen LogP contribution is 2.15. The van der Waals surface area contributed by atoms with Crippen molar-refractivity contribution >= 4 is 11.6 Å². The second-order valence-electron chi connectivity index (χ2n) is 3.40. The van der Waals surface area contributed by atoms with E-state index in [9.17, 15) is 0 Å². The van der Waals surface area contributed by atoms with Crippen LogP contribution in [0.25, 0.3) is 0 Å². The fourth-order valence-electron chi connectivity index (χ4n) is 0.707. The molecule has 0 aliphatic heterocycles. The molecule has 1 aromatic rings. The molecule has 0 saturated heterocycles. The van der Waals surface area contributed by atoms with Gasteiger partial charge in [0.15, 0.2) is 5.75 Å². The number of hydrogen-bond donors (Lipinski definition) is 0. The SMILES string of the molecule is CC(C)(C)Oc1cnc(Cl)nc1. The second-order valence-corrected chi connectivity index (χ2v) is 3.74. The van der Waals surface area contributed by atoms with Gasteiger partial charge in [0.1, 0.15) is 5.60 Å². The lowest BCUT2D eigenvalue weighted by molar-refractivity contribution is 0.129. The van der Waals surface area contributed by atoms with E-state index in [2.05, 4.69) is 9.97 Å². The highest BCUT2D eigenvalue weighted by Gasteiger charge is 2.11. The molecule has 0 aromatic carbocycles. The summed E-state index contributed by atoms with van der Waals surface area (Å²) in [5.41, 5.74) is -0.225. The molecule has 0 saturated carbocycles. The molecule has 0 atom stereocenters. The number of ether oxygens (including phenoxy) is 1. The van der Waals surface area contributed by atoms with E-state index in [0.29, 0.717) is 5.75 Å². The van der Waals surface area contributed by atoms with Gasteiger partial charge in [-0.2, -0.15) is 0 Å². The molecule has 0 spiro atoms. The van der Waals surface area contributed by atoms with Gasteiger partial charge in [-0.15, -0.1) is 0 Å². The summed E-state index contributed by atoms with van der Waals surface area (Å²) in [4.78, 5) is 7.59. The Kier molecular flexibility index (Phi) is 2.52. The molecule has 12 heavy (non-hydrogen) atoms. The largest absolute Gasteiger partial charge is 0.485 e. The Morgan fingerprint density at radius 2 is 1.75 bits per heavy atom. The van der Waals surface area contributed by atoms with Crippen molar-refractivity contribution in [2.75, 3.05) is 0 Å². The number of hydrogen-bond acceptors (Lipinski definition) is 3. The van der Waals surface area contributed by atoms with E-state index in [1.165, 1.54) is 0 Å². The fourth-order valence-corrected chi connectivity index (χ4v) is 0.804. The molecule has 1 rings (SSSR count). The van der Waals surface area contributed by atoms with E-state index in [4.69, 9.17) is 16.3 Å². The zero-order valence-corrected chi connectivity index (χ0v) is 8.09. The zero-order chi connectivity index (χ0) is 9.19. The number of aromatic nitrogens is 2. The van der Waals surface area contributed by atoms with Crippen molar-refractivity contribution in [3.05, 3.63) is 17.7 Å². The normalized spacial score (nSPS) is 11.3. The van der Waals surface area contributed by atoms with Crippen LogP contribution in [0.1, 0.15) is 20.8 Å². The van der Waals surface area contributed by atoms with Crippen LogP contribution in [0.3, 0.4) is 0 Å². The summed E-state index contributed by atoms with van der Waals surface area (Å²) < 4.78 is 5.47. The summed E-state index contributed by atoms with van der Waals surface area (Å²) in [7, 11) is 0. The third kappa shape index (κ3) is 3.05. The van der Waals surface area contributed by atoms with Crippen LogP contribution in [-0.2, 0) is 0 Å². The van der Waals surface area contributed by atoms with E-state index < -0.39 is 0 Å². The van der Waals surface area contributed by atoms with Gasteiger partial charge in [-0.25, -0.2) is 9.97 Å². The lowest BCUT2D eigenvalue weighted by Gasteiger charge is -2.20. The van der Waals surface area contributed by atoms with E-state index in [-0.39, 0.29) is 10.9 Å². The highest BCUT2D eigenvalue weighted by atomic mass is 35.5. The van der Waals surface area contributed by atoms with Crippen molar-refractivity contribution in [3.8, 4) is 5.75 Å². The lowest BCUT2D eigenvalue weighted by atomic mass is 10.2. The van der Waals surface area contributed by atoms with Crippen LogP contribution >= 0.6 is 11.6 Å². The summed E-state index contributed by atoms with van der Waals surface area (Å²) in [6.07, 6.45) is 3.11. The maximum Gasteiger partial charge on any atom is 0.222 e. The molecule has 3 nitrogen and oxygen atoms in total. The van der Waals surface area contributed by atoms with Crippen molar-refractivity contribution in [1.29, 1.82) is 0 Å². The Bertz CT molecular complexity index is 253. The quantitative estimate of drug-likeness (QED) is 0.632. The predicted molar refractivity (Wildman–Crippen MR) is 47.4 cm³/mol. The monoisotopic (exact) mass is 186 g/mol. The van der Waals surface area contributed by atoms with Gasteiger partial charge in [-0.05, 0) is 32.4 Å². The maximum atomic E-state index is 5.51. The van der Waals surface area contributed by atoms with Gasteiger partial charge < -0.3 is 4.74 Å². The highest BCUT2D eigenvalue weighted by molar-refractivity contribution is 6.28.